The summed E-state index contributed by atoms with van der Waals surface area (Å²) >= 11 is 1.38. The zero-order chi connectivity index (χ0) is 13.8. The van der Waals surface area contributed by atoms with Gasteiger partial charge in [0.05, 0.1) is 12.1 Å². The van der Waals surface area contributed by atoms with Gasteiger partial charge in [-0.05, 0) is 12.1 Å². The molecule has 1 amide bonds. The van der Waals surface area contributed by atoms with Gasteiger partial charge in [0.25, 0.3) is 0 Å². The van der Waals surface area contributed by atoms with E-state index in [1.807, 2.05) is 30.3 Å². The molecule has 0 aliphatic carbocycles. The maximum atomic E-state index is 11.8. The van der Waals surface area contributed by atoms with Crippen LogP contribution in [0.2, 0.25) is 0 Å². The molecule has 20 heavy (non-hydrogen) atoms. The number of benzene rings is 1. The molecule has 2 heterocycles. The summed E-state index contributed by atoms with van der Waals surface area (Å²) in [6.45, 7) is 0. The summed E-state index contributed by atoms with van der Waals surface area (Å²) in [5.74, 6) is 0.357. The lowest BCUT2D eigenvalue weighted by atomic mass is 10.2. The van der Waals surface area contributed by atoms with Crippen LogP contribution in [0.1, 0.15) is 5.69 Å². The zero-order valence-corrected chi connectivity index (χ0v) is 11.3. The molecule has 2 aromatic heterocycles. The van der Waals surface area contributed by atoms with Crippen molar-refractivity contribution in [1.82, 2.24) is 9.97 Å². The normalized spacial score (nSPS) is 10.4. The second-order valence-electron chi connectivity index (χ2n) is 4.07. The molecule has 5 nitrogen and oxygen atoms in total. The molecular weight excluding hydrogens is 274 g/mol. The van der Waals surface area contributed by atoms with Gasteiger partial charge >= 0.3 is 0 Å². The van der Waals surface area contributed by atoms with Crippen molar-refractivity contribution in [3.63, 3.8) is 0 Å². The summed E-state index contributed by atoms with van der Waals surface area (Å²) in [4.78, 5) is 20.1. The first-order valence-electron chi connectivity index (χ1n) is 6.00. The van der Waals surface area contributed by atoms with Crippen molar-refractivity contribution in [2.45, 2.75) is 6.42 Å². The number of amides is 1. The number of carbonyl (C=O) groups excluding carboxylic acids is 1. The predicted octanol–water partition coefficient (Wildman–Crippen LogP) is 2.98. The number of anilines is 1. The van der Waals surface area contributed by atoms with Gasteiger partial charge < -0.3 is 9.73 Å². The Morgan fingerprint density at radius 1 is 1.30 bits per heavy atom. The van der Waals surface area contributed by atoms with Crippen LogP contribution in [-0.2, 0) is 11.2 Å². The number of hydrogen-bond acceptors (Lipinski definition) is 5. The van der Waals surface area contributed by atoms with E-state index in [1.165, 1.54) is 17.6 Å². The first-order chi connectivity index (χ1) is 9.81. The van der Waals surface area contributed by atoms with E-state index in [4.69, 9.17) is 4.42 Å². The molecule has 6 heteroatoms. The van der Waals surface area contributed by atoms with Crippen LogP contribution in [-0.4, -0.2) is 15.9 Å². The Balaban J connectivity index is 1.67. The minimum Gasteiger partial charge on any atom is -0.444 e. The highest BCUT2D eigenvalue weighted by Gasteiger charge is 2.11. The maximum absolute atomic E-state index is 11.8. The van der Waals surface area contributed by atoms with Gasteiger partial charge in [-0.2, -0.15) is 0 Å². The second kappa shape index (κ2) is 5.66. The van der Waals surface area contributed by atoms with Crippen molar-refractivity contribution in [2.24, 2.45) is 0 Å². The fourth-order valence-electron chi connectivity index (χ4n) is 1.71. The van der Waals surface area contributed by atoms with Crippen LogP contribution in [0.4, 0.5) is 5.13 Å². The highest BCUT2D eigenvalue weighted by molar-refractivity contribution is 7.13. The Labute approximate surface area is 119 Å². The monoisotopic (exact) mass is 285 g/mol. The molecule has 3 aromatic rings. The summed E-state index contributed by atoms with van der Waals surface area (Å²) in [7, 11) is 0. The molecule has 0 radical (unpaired) electrons. The van der Waals surface area contributed by atoms with Gasteiger partial charge in [0.2, 0.25) is 11.8 Å². The van der Waals surface area contributed by atoms with E-state index in [2.05, 4.69) is 15.3 Å². The van der Waals surface area contributed by atoms with Crippen LogP contribution in [0.3, 0.4) is 0 Å². The molecule has 0 fully saturated rings. The van der Waals surface area contributed by atoms with E-state index in [1.54, 1.807) is 11.6 Å². The number of oxazole rings is 1. The third-order valence-electron chi connectivity index (χ3n) is 2.59. The zero-order valence-electron chi connectivity index (χ0n) is 10.4. The molecular formula is C14H11N3O2S. The Hall–Kier alpha value is -2.47. The largest absolute Gasteiger partial charge is 0.444 e. The van der Waals surface area contributed by atoms with E-state index in [0.717, 1.165) is 5.56 Å². The van der Waals surface area contributed by atoms with Crippen LogP contribution < -0.4 is 5.32 Å². The molecule has 1 N–H and O–H groups in total. The van der Waals surface area contributed by atoms with E-state index in [-0.39, 0.29) is 12.3 Å². The molecule has 0 aliphatic heterocycles. The number of rotatable bonds is 4. The van der Waals surface area contributed by atoms with Crippen molar-refractivity contribution < 1.29 is 9.21 Å². The summed E-state index contributed by atoms with van der Waals surface area (Å²) in [5.41, 5.74) is 1.48. The lowest BCUT2D eigenvalue weighted by molar-refractivity contribution is -0.115. The highest BCUT2D eigenvalue weighted by atomic mass is 32.1. The smallest absolute Gasteiger partial charge is 0.232 e. The molecule has 0 bridgehead atoms. The lowest BCUT2D eigenvalue weighted by Crippen LogP contribution is -2.14. The molecule has 3 rings (SSSR count). The summed E-state index contributed by atoms with van der Waals surface area (Å²) in [6, 6.07) is 9.56. The molecule has 0 saturated heterocycles. The quantitative estimate of drug-likeness (QED) is 0.800. The van der Waals surface area contributed by atoms with Crippen molar-refractivity contribution in [1.29, 1.82) is 0 Å². The molecule has 100 valence electrons. The average molecular weight is 285 g/mol. The second-order valence-corrected chi connectivity index (χ2v) is 4.97. The number of thiazole rings is 1. The third kappa shape index (κ3) is 2.92. The Kier molecular flexibility index (Phi) is 3.56. The van der Waals surface area contributed by atoms with E-state index in [9.17, 15) is 4.79 Å². The van der Waals surface area contributed by atoms with E-state index in [0.29, 0.717) is 16.7 Å². The molecule has 0 aliphatic rings. The van der Waals surface area contributed by atoms with E-state index < -0.39 is 0 Å². The average Bonchev–Trinajstić information content (AvgIpc) is 3.11. The van der Waals surface area contributed by atoms with Crippen LogP contribution in [0.25, 0.3) is 11.5 Å². The lowest BCUT2D eigenvalue weighted by Gasteiger charge is -1.98. The minimum atomic E-state index is -0.159. The maximum Gasteiger partial charge on any atom is 0.232 e. The van der Waals surface area contributed by atoms with Crippen molar-refractivity contribution in [3.8, 4) is 11.5 Å². The minimum absolute atomic E-state index is 0.159. The van der Waals surface area contributed by atoms with Gasteiger partial charge in [-0.15, -0.1) is 11.3 Å². The standard InChI is InChI=1S/C14H11N3O2S/c18-12(17-14-15-6-7-20-14)8-11-9-19-13(16-11)10-4-2-1-3-5-10/h1-7,9H,8H2,(H,15,17,18). The Bertz CT molecular complexity index is 692. The van der Waals surface area contributed by atoms with Gasteiger partial charge in [0.15, 0.2) is 5.13 Å². The Morgan fingerprint density at radius 3 is 2.90 bits per heavy atom. The van der Waals surface area contributed by atoms with Gasteiger partial charge in [-0.1, -0.05) is 18.2 Å². The van der Waals surface area contributed by atoms with Gasteiger partial charge in [-0.25, -0.2) is 9.97 Å². The Morgan fingerprint density at radius 2 is 2.15 bits per heavy atom. The third-order valence-corrected chi connectivity index (χ3v) is 3.28. The molecule has 0 saturated carbocycles. The molecule has 1 aromatic carbocycles. The van der Waals surface area contributed by atoms with Crippen LogP contribution in [0.15, 0.2) is 52.6 Å². The number of carbonyl (C=O) groups is 1. The summed E-state index contributed by atoms with van der Waals surface area (Å²) in [5, 5.41) is 5.10. The first-order valence-corrected chi connectivity index (χ1v) is 6.88. The van der Waals surface area contributed by atoms with Gasteiger partial charge in [-0.3, -0.25) is 4.79 Å². The number of nitrogens with zero attached hydrogens (tertiary/aromatic N) is 2. The van der Waals surface area contributed by atoms with Crippen LogP contribution in [0, 0.1) is 0 Å². The van der Waals surface area contributed by atoms with Crippen LogP contribution in [0.5, 0.6) is 0 Å². The molecule has 0 atom stereocenters. The van der Waals surface area contributed by atoms with Crippen molar-refractivity contribution in [3.05, 3.63) is 53.9 Å². The van der Waals surface area contributed by atoms with Crippen molar-refractivity contribution >= 4 is 22.4 Å². The van der Waals surface area contributed by atoms with Gasteiger partial charge in [0.1, 0.15) is 6.26 Å². The predicted molar refractivity (Wildman–Crippen MR) is 76.4 cm³/mol. The number of aromatic nitrogens is 2. The fourth-order valence-corrected chi connectivity index (χ4v) is 2.26. The highest BCUT2D eigenvalue weighted by Crippen LogP contribution is 2.18. The SMILES string of the molecule is O=C(Cc1coc(-c2ccccc2)n1)Nc1nccs1. The molecule has 0 spiro atoms. The topological polar surface area (TPSA) is 68.0 Å². The number of hydrogen-bond donors (Lipinski definition) is 1. The summed E-state index contributed by atoms with van der Waals surface area (Å²) < 4.78 is 5.38. The first kappa shape index (κ1) is 12.6. The van der Waals surface area contributed by atoms with Crippen molar-refractivity contribution in [2.75, 3.05) is 5.32 Å². The van der Waals surface area contributed by atoms with Gasteiger partial charge in [0, 0.05) is 17.1 Å². The molecule has 0 unspecified atom stereocenters. The fraction of sp³-hybridized carbons (Fsp3) is 0.0714. The van der Waals surface area contributed by atoms with E-state index >= 15 is 0 Å². The van der Waals surface area contributed by atoms with Crippen LogP contribution >= 0.6 is 11.3 Å². The summed E-state index contributed by atoms with van der Waals surface area (Å²) in [6.07, 6.45) is 3.31. The number of nitrogens with one attached hydrogen (secondary N) is 1.